The summed E-state index contributed by atoms with van der Waals surface area (Å²) in [6.07, 6.45) is 1.26. The van der Waals surface area contributed by atoms with Crippen LogP contribution in [0.2, 0.25) is 0 Å². The number of rotatable bonds is 5. The Morgan fingerprint density at radius 1 is 1.03 bits per heavy atom. The number of barbiturate groups is 1. The van der Waals surface area contributed by atoms with E-state index in [0.29, 0.717) is 28.4 Å². The van der Waals surface area contributed by atoms with Crippen molar-refractivity contribution in [2.24, 2.45) is 0 Å². The van der Waals surface area contributed by atoms with Crippen LogP contribution in [0.4, 0.5) is 10.5 Å². The summed E-state index contributed by atoms with van der Waals surface area (Å²) in [4.78, 5) is 50.6. The Labute approximate surface area is 198 Å². The van der Waals surface area contributed by atoms with Crippen LogP contribution in [0.1, 0.15) is 23.0 Å². The minimum Gasteiger partial charge on any atom is -0.462 e. The topological polar surface area (TPSA) is 124 Å². The molecule has 1 aromatic heterocycles. The molecule has 10 heteroatoms. The molecule has 0 spiro atoms. The van der Waals surface area contributed by atoms with Gasteiger partial charge in [-0.05, 0) is 49.4 Å². The van der Waals surface area contributed by atoms with Crippen molar-refractivity contribution in [2.75, 3.05) is 18.3 Å². The van der Waals surface area contributed by atoms with E-state index in [1.807, 2.05) is 0 Å². The number of nitrogens with zero attached hydrogens (tertiary/aromatic N) is 1. The number of urea groups is 1. The zero-order valence-electron chi connectivity index (χ0n) is 18.4. The zero-order chi connectivity index (χ0) is 24.5. The fraction of sp³-hybridized carbons (Fsp3) is 0.120. The molecular formula is C25H18N2O8. The van der Waals surface area contributed by atoms with Crippen LogP contribution in [0.5, 0.6) is 11.5 Å². The second-order valence-corrected chi connectivity index (χ2v) is 7.50. The van der Waals surface area contributed by atoms with E-state index < -0.39 is 23.8 Å². The number of hydrogen-bond acceptors (Lipinski definition) is 8. The minimum absolute atomic E-state index is 0.0367. The number of carbonyl (C=O) groups is 4. The molecule has 2 aliphatic rings. The maximum Gasteiger partial charge on any atom is 0.338 e. The maximum absolute atomic E-state index is 13.1. The number of ether oxygens (including phenoxy) is 3. The first-order chi connectivity index (χ1) is 16.9. The molecule has 10 nitrogen and oxygen atoms in total. The van der Waals surface area contributed by atoms with Gasteiger partial charge in [0, 0.05) is 11.6 Å². The molecule has 1 fully saturated rings. The van der Waals surface area contributed by atoms with Crippen molar-refractivity contribution in [1.82, 2.24) is 5.32 Å². The molecule has 3 heterocycles. The summed E-state index contributed by atoms with van der Waals surface area (Å²) in [5.41, 5.74) is 1.03. The molecule has 0 unspecified atom stereocenters. The molecule has 2 aliphatic heterocycles. The van der Waals surface area contributed by atoms with Crippen LogP contribution in [-0.4, -0.2) is 37.2 Å². The average molecular weight is 474 g/mol. The fourth-order valence-electron chi connectivity index (χ4n) is 3.63. The predicted octanol–water partition coefficient (Wildman–Crippen LogP) is 3.52. The predicted molar refractivity (Wildman–Crippen MR) is 122 cm³/mol. The molecule has 0 bridgehead atoms. The average Bonchev–Trinajstić information content (AvgIpc) is 3.51. The quantitative estimate of drug-likeness (QED) is 0.338. The Morgan fingerprint density at radius 3 is 2.57 bits per heavy atom. The summed E-state index contributed by atoms with van der Waals surface area (Å²) in [7, 11) is 0. The summed E-state index contributed by atoms with van der Waals surface area (Å²) in [5, 5.41) is 2.16. The number of anilines is 1. The second kappa shape index (κ2) is 8.82. The Morgan fingerprint density at radius 2 is 1.80 bits per heavy atom. The monoisotopic (exact) mass is 474 g/mol. The smallest absolute Gasteiger partial charge is 0.338 e. The first kappa shape index (κ1) is 22.0. The molecule has 0 radical (unpaired) electrons. The van der Waals surface area contributed by atoms with E-state index in [1.165, 1.54) is 18.2 Å². The fourth-order valence-corrected chi connectivity index (χ4v) is 3.63. The summed E-state index contributed by atoms with van der Waals surface area (Å²) in [6.45, 7) is 2.04. The highest BCUT2D eigenvalue weighted by Crippen LogP contribution is 2.36. The van der Waals surface area contributed by atoms with Gasteiger partial charge in [0.25, 0.3) is 11.8 Å². The molecule has 176 valence electrons. The molecule has 1 N–H and O–H groups in total. The summed E-state index contributed by atoms with van der Waals surface area (Å²) < 4.78 is 21.3. The summed E-state index contributed by atoms with van der Waals surface area (Å²) in [6, 6.07) is 13.6. The van der Waals surface area contributed by atoms with Gasteiger partial charge in [-0.3, -0.25) is 14.9 Å². The van der Waals surface area contributed by atoms with Crippen molar-refractivity contribution in [3.05, 3.63) is 71.5 Å². The van der Waals surface area contributed by atoms with Gasteiger partial charge in [0.15, 0.2) is 11.5 Å². The van der Waals surface area contributed by atoms with Crippen molar-refractivity contribution in [3.8, 4) is 22.8 Å². The highest BCUT2D eigenvalue weighted by molar-refractivity contribution is 6.39. The first-order valence-electron chi connectivity index (χ1n) is 10.6. The third-order valence-corrected chi connectivity index (χ3v) is 5.31. The van der Waals surface area contributed by atoms with Gasteiger partial charge in [-0.25, -0.2) is 14.5 Å². The molecule has 0 aliphatic carbocycles. The van der Waals surface area contributed by atoms with Crippen LogP contribution in [0.3, 0.4) is 0 Å². The number of benzene rings is 2. The third kappa shape index (κ3) is 4.12. The van der Waals surface area contributed by atoms with E-state index in [1.54, 1.807) is 49.4 Å². The molecule has 2 aromatic carbocycles. The molecule has 3 aromatic rings. The standard InChI is InChI=1S/C25H18N2O8/c1-2-32-24(30)15-5-3-14(4-6-15)19-10-8-17(35-19)12-18-22(28)26-25(31)27(23(18)29)16-7-9-20-21(11-16)34-13-33-20/h3-12H,2,13H2,1H3,(H,26,28,31). The van der Waals surface area contributed by atoms with Gasteiger partial charge in [-0.15, -0.1) is 0 Å². The highest BCUT2D eigenvalue weighted by atomic mass is 16.7. The Hall–Kier alpha value is -4.86. The third-order valence-electron chi connectivity index (χ3n) is 5.31. The molecule has 0 saturated carbocycles. The van der Waals surface area contributed by atoms with Crippen LogP contribution in [0.25, 0.3) is 17.4 Å². The van der Waals surface area contributed by atoms with E-state index in [-0.39, 0.29) is 30.4 Å². The van der Waals surface area contributed by atoms with Crippen molar-refractivity contribution in [2.45, 2.75) is 6.92 Å². The SMILES string of the molecule is CCOC(=O)c1ccc(-c2ccc(C=C3C(=O)NC(=O)N(c4ccc5c(c4)OCO5)C3=O)o2)cc1. The second-order valence-electron chi connectivity index (χ2n) is 7.50. The minimum atomic E-state index is -0.877. The number of esters is 1. The molecule has 0 atom stereocenters. The number of hydrogen-bond donors (Lipinski definition) is 1. The van der Waals surface area contributed by atoms with Gasteiger partial charge < -0.3 is 18.6 Å². The molecule has 35 heavy (non-hydrogen) atoms. The van der Waals surface area contributed by atoms with E-state index in [2.05, 4.69) is 5.32 Å². The van der Waals surface area contributed by atoms with Crippen LogP contribution in [-0.2, 0) is 14.3 Å². The van der Waals surface area contributed by atoms with Crippen molar-refractivity contribution in [1.29, 1.82) is 0 Å². The number of nitrogens with one attached hydrogen (secondary N) is 1. The van der Waals surface area contributed by atoms with Crippen LogP contribution < -0.4 is 19.7 Å². The lowest BCUT2D eigenvalue weighted by atomic mass is 10.1. The summed E-state index contributed by atoms with van der Waals surface area (Å²) in [5.74, 6) is -0.512. The van der Waals surface area contributed by atoms with Crippen LogP contribution in [0, 0.1) is 0 Å². The van der Waals surface area contributed by atoms with Crippen molar-refractivity contribution in [3.63, 3.8) is 0 Å². The largest absolute Gasteiger partial charge is 0.462 e. The number of imide groups is 2. The molecule has 4 amide bonds. The normalized spacial score (nSPS) is 16.0. The lowest BCUT2D eigenvalue weighted by molar-refractivity contribution is -0.122. The van der Waals surface area contributed by atoms with E-state index in [0.717, 1.165) is 4.90 Å². The van der Waals surface area contributed by atoms with E-state index >= 15 is 0 Å². The van der Waals surface area contributed by atoms with Gasteiger partial charge in [0.05, 0.1) is 17.9 Å². The number of carbonyl (C=O) groups excluding carboxylic acids is 4. The van der Waals surface area contributed by atoms with E-state index in [4.69, 9.17) is 18.6 Å². The van der Waals surface area contributed by atoms with Gasteiger partial charge in [0.1, 0.15) is 17.1 Å². The van der Waals surface area contributed by atoms with Gasteiger partial charge in [0.2, 0.25) is 6.79 Å². The van der Waals surface area contributed by atoms with Gasteiger partial charge >= 0.3 is 12.0 Å². The molecular weight excluding hydrogens is 456 g/mol. The lowest BCUT2D eigenvalue weighted by Gasteiger charge is -2.26. The Bertz CT molecular complexity index is 1390. The highest BCUT2D eigenvalue weighted by Gasteiger charge is 2.37. The Kier molecular flexibility index (Phi) is 5.54. The lowest BCUT2D eigenvalue weighted by Crippen LogP contribution is -2.54. The van der Waals surface area contributed by atoms with Crippen molar-refractivity contribution >= 4 is 35.6 Å². The van der Waals surface area contributed by atoms with E-state index in [9.17, 15) is 19.2 Å². The maximum atomic E-state index is 13.1. The molecule has 1 saturated heterocycles. The first-order valence-corrected chi connectivity index (χ1v) is 10.6. The van der Waals surface area contributed by atoms with Crippen LogP contribution >= 0.6 is 0 Å². The van der Waals surface area contributed by atoms with Crippen LogP contribution in [0.15, 0.2) is 64.6 Å². The number of furan rings is 1. The van der Waals surface area contributed by atoms with Gasteiger partial charge in [-0.2, -0.15) is 0 Å². The Balaban J connectivity index is 1.40. The number of amides is 4. The molecule has 5 rings (SSSR count). The zero-order valence-corrected chi connectivity index (χ0v) is 18.4. The number of fused-ring (bicyclic) bond motifs is 1. The van der Waals surface area contributed by atoms with Gasteiger partial charge in [-0.1, -0.05) is 12.1 Å². The summed E-state index contributed by atoms with van der Waals surface area (Å²) >= 11 is 0. The van der Waals surface area contributed by atoms with Crippen molar-refractivity contribution < 1.29 is 37.8 Å².